The van der Waals surface area contributed by atoms with Crippen molar-refractivity contribution in [1.29, 1.82) is 0 Å². The molecule has 1 aliphatic heterocycles. The van der Waals surface area contributed by atoms with Crippen molar-refractivity contribution in [1.82, 2.24) is 0 Å². The molecule has 3 rings (SSSR count). The van der Waals surface area contributed by atoms with E-state index < -0.39 is 12.9 Å². The molecule has 1 aliphatic carbocycles. The molecule has 0 radical (unpaired) electrons. The Bertz CT molecular complexity index is 619. The number of rotatable bonds is 3. The van der Waals surface area contributed by atoms with Crippen LogP contribution in [0.2, 0.25) is 10.0 Å². The number of halogens is 2. The van der Waals surface area contributed by atoms with Crippen LogP contribution < -0.4 is 5.32 Å². The van der Waals surface area contributed by atoms with Crippen LogP contribution in [0.4, 0.5) is 5.69 Å². The molecule has 1 aromatic rings. The summed E-state index contributed by atoms with van der Waals surface area (Å²) in [4.78, 5) is 0. The van der Waals surface area contributed by atoms with Gasteiger partial charge in [-0.3, -0.25) is 4.57 Å². The Kier molecular flexibility index (Phi) is 5.30. The molecule has 128 valence electrons. The lowest BCUT2D eigenvalue weighted by atomic mass is 9.94. The molecule has 1 aromatic carbocycles. The quantitative estimate of drug-likeness (QED) is 0.647. The zero-order valence-electron chi connectivity index (χ0n) is 13.2. The van der Waals surface area contributed by atoms with Gasteiger partial charge in [-0.15, -0.1) is 0 Å². The van der Waals surface area contributed by atoms with Crippen LogP contribution in [-0.2, 0) is 13.6 Å². The fourth-order valence-electron chi connectivity index (χ4n) is 3.33. The normalized spacial score (nSPS) is 30.8. The molecular formula is C16H22Cl2NO3P. The molecule has 0 aromatic heterocycles. The molecule has 2 aliphatic rings. The summed E-state index contributed by atoms with van der Waals surface area (Å²) in [7, 11) is -3.26. The van der Waals surface area contributed by atoms with Crippen molar-refractivity contribution in [3.05, 3.63) is 28.2 Å². The maximum absolute atomic E-state index is 13.5. The summed E-state index contributed by atoms with van der Waals surface area (Å²) in [5.74, 6) is 0. The summed E-state index contributed by atoms with van der Waals surface area (Å²) >= 11 is 12.1. The first kappa shape index (κ1) is 17.6. The van der Waals surface area contributed by atoms with E-state index in [0.29, 0.717) is 16.7 Å². The number of benzene rings is 1. The van der Waals surface area contributed by atoms with Crippen LogP contribution >= 0.6 is 30.8 Å². The first-order valence-electron chi connectivity index (χ1n) is 8.10. The Morgan fingerprint density at radius 1 is 1.22 bits per heavy atom. The highest BCUT2D eigenvalue weighted by Gasteiger charge is 2.53. The number of hydrogen-bond acceptors (Lipinski definition) is 4. The van der Waals surface area contributed by atoms with Crippen molar-refractivity contribution in [2.45, 2.75) is 56.8 Å². The lowest BCUT2D eigenvalue weighted by Gasteiger charge is -2.45. The third-order valence-corrected chi connectivity index (χ3v) is 8.11. The van der Waals surface area contributed by atoms with Crippen LogP contribution in [-0.4, -0.2) is 18.0 Å². The summed E-state index contributed by atoms with van der Waals surface area (Å²) in [6.07, 6.45) is 5.38. The van der Waals surface area contributed by atoms with E-state index in [9.17, 15) is 4.57 Å². The van der Waals surface area contributed by atoms with E-state index in [1.165, 1.54) is 0 Å². The van der Waals surface area contributed by atoms with Gasteiger partial charge in [0.25, 0.3) is 0 Å². The zero-order chi connectivity index (χ0) is 16.5. The molecule has 1 N–H and O–H groups in total. The predicted octanol–water partition coefficient (Wildman–Crippen LogP) is 6.08. The fraction of sp³-hybridized carbons (Fsp3) is 0.625. The molecule has 2 fully saturated rings. The van der Waals surface area contributed by atoms with E-state index in [2.05, 4.69) is 5.32 Å². The molecule has 2 atom stereocenters. The minimum atomic E-state index is -3.26. The minimum absolute atomic E-state index is 0.0519. The molecular weight excluding hydrogens is 356 g/mol. The lowest BCUT2D eigenvalue weighted by Crippen LogP contribution is -2.43. The third-order valence-electron chi connectivity index (χ3n) is 4.61. The van der Waals surface area contributed by atoms with Crippen molar-refractivity contribution in [3.8, 4) is 0 Å². The second-order valence-corrected chi connectivity index (χ2v) is 9.52. The van der Waals surface area contributed by atoms with Crippen LogP contribution in [0.1, 0.15) is 45.4 Å². The average molecular weight is 378 g/mol. The second-order valence-electron chi connectivity index (χ2n) is 6.38. The van der Waals surface area contributed by atoms with Crippen molar-refractivity contribution in [3.63, 3.8) is 0 Å². The predicted molar refractivity (Wildman–Crippen MR) is 94.6 cm³/mol. The van der Waals surface area contributed by atoms with Gasteiger partial charge in [0, 0.05) is 5.69 Å². The summed E-state index contributed by atoms with van der Waals surface area (Å²) < 4.78 is 25.1. The van der Waals surface area contributed by atoms with Crippen molar-refractivity contribution < 1.29 is 13.6 Å². The van der Waals surface area contributed by atoms with E-state index in [0.717, 1.165) is 44.2 Å². The Morgan fingerprint density at radius 3 is 2.61 bits per heavy atom. The van der Waals surface area contributed by atoms with Crippen LogP contribution in [0.15, 0.2) is 18.2 Å². The zero-order valence-corrected chi connectivity index (χ0v) is 15.6. The van der Waals surface area contributed by atoms with Gasteiger partial charge in [0.15, 0.2) is 0 Å². The van der Waals surface area contributed by atoms with Gasteiger partial charge in [-0.05, 0) is 44.4 Å². The first-order chi connectivity index (χ1) is 10.9. The van der Waals surface area contributed by atoms with E-state index in [-0.39, 0.29) is 6.10 Å². The average Bonchev–Trinajstić information content (AvgIpc) is 2.52. The highest BCUT2D eigenvalue weighted by atomic mass is 35.5. The Balaban J connectivity index is 1.93. The van der Waals surface area contributed by atoms with Crippen LogP contribution in [0, 0.1) is 0 Å². The van der Waals surface area contributed by atoms with Crippen molar-refractivity contribution in [2.24, 2.45) is 0 Å². The molecule has 0 amide bonds. The molecule has 0 spiro atoms. The van der Waals surface area contributed by atoms with Gasteiger partial charge in [0.1, 0.15) is 5.28 Å². The van der Waals surface area contributed by atoms with Crippen LogP contribution in [0.5, 0.6) is 0 Å². The molecule has 23 heavy (non-hydrogen) atoms. The third kappa shape index (κ3) is 3.57. The summed E-state index contributed by atoms with van der Waals surface area (Å²) in [6.45, 7) is 2.42. The number of hydrogen-bond donors (Lipinski definition) is 1. The summed E-state index contributed by atoms with van der Waals surface area (Å²) in [6, 6.07) is 5.35. The highest BCUT2D eigenvalue weighted by molar-refractivity contribution is 7.55. The maximum atomic E-state index is 13.5. The van der Waals surface area contributed by atoms with Gasteiger partial charge in [0.2, 0.25) is 0 Å². The van der Waals surface area contributed by atoms with Crippen LogP contribution in [0.25, 0.3) is 0 Å². The van der Waals surface area contributed by atoms with Gasteiger partial charge >= 0.3 is 7.60 Å². The monoisotopic (exact) mass is 377 g/mol. The number of nitrogens with one attached hydrogen (secondary N) is 1. The van der Waals surface area contributed by atoms with Gasteiger partial charge in [-0.1, -0.05) is 42.5 Å². The maximum Gasteiger partial charge on any atom is 0.356 e. The molecule has 1 heterocycles. The van der Waals surface area contributed by atoms with Gasteiger partial charge in [-0.2, -0.15) is 0 Å². The van der Waals surface area contributed by atoms with Gasteiger partial charge in [-0.25, -0.2) is 0 Å². The summed E-state index contributed by atoms with van der Waals surface area (Å²) in [5.41, 5.74) is 0.793. The summed E-state index contributed by atoms with van der Waals surface area (Å²) in [5, 5.41) is 3.73. The topological polar surface area (TPSA) is 47.6 Å². The van der Waals surface area contributed by atoms with E-state index in [1.54, 1.807) is 12.1 Å². The van der Waals surface area contributed by atoms with Gasteiger partial charge in [0.05, 0.1) is 22.8 Å². The molecule has 1 saturated carbocycles. The smallest absolute Gasteiger partial charge is 0.356 e. The fourth-order valence-corrected chi connectivity index (χ4v) is 6.19. The highest BCUT2D eigenvalue weighted by Crippen LogP contribution is 2.67. The van der Waals surface area contributed by atoms with Crippen molar-refractivity contribution in [2.75, 3.05) is 11.9 Å². The molecule has 0 unspecified atom stereocenters. The molecule has 1 saturated heterocycles. The largest absolute Gasteiger partial charge is 0.369 e. The molecule has 0 bridgehead atoms. The minimum Gasteiger partial charge on any atom is -0.369 e. The Morgan fingerprint density at radius 2 is 1.96 bits per heavy atom. The Labute approximate surface area is 147 Å². The lowest BCUT2D eigenvalue weighted by molar-refractivity contribution is 0.0767. The van der Waals surface area contributed by atoms with Gasteiger partial charge < -0.3 is 14.4 Å². The van der Waals surface area contributed by atoms with E-state index in [4.69, 9.17) is 32.2 Å². The molecule has 7 heteroatoms. The molecule has 4 nitrogen and oxygen atoms in total. The van der Waals surface area contributed by atoms with Crippen molar-refractivity contribution >= 4 is 36.5 Å². The van der Waals surface area contributed by atoms with Crippen LogP contribution in [0.3, 0.4) is 0 Å². The SMILES string of the molecule is C[C@@H]1CCO[P@@](=O)(C2(Nc3ccc(Cl)c(Cl)c3)CCCCC2)O1. The Hall–Kier alpha value is -0.250. The number of anilines is 1. The second kappa shape index (κ2) is 6.93. The van der Waals surface area contributed by atoms with E-state index in [1.807, 2.05) is 13.0 Å². The first-order valence-corrected chi connectivity index (χ1v) is 10.4. The standard InChI is InChI=1S/C16H22Cl2NO3P/c1-12-7-10-21-23(20,22-12)16(8-3-2-4-9-16)19-13-5-6-14(17)15(18)11-13/h5-6,11-12,19H,2-4,7-10H2,1H3/t12-,23+/m1/s1. The van der Waals surface area contributed by atoms with E-state index >= 15 is 0 Å².